The number of anilines is 3. The van der Waals surface area contributed by atoms with Crippen LogP contribution in [-0.4, -0.2) is 0 Å². The van der Waals surface area contributed by atoms with Crippen LogP contribution in [-0.2, 0) is 5.41 Å². The number of hydrogen-bond acceptors (Lipinski definition) is 4. The minimum atomic E-state index is -0.705. The first-order chi connectivity index (χ1) is 27.3. The van der Waals surface area contributed by atoms with E-state index in [0.717, 1.165) is 78.4 Å². The van der Waals surface area contributed by atoms with Gasteiger partial charge in [0.2, 0.25) is 0 Å². The average molecular weight is 706 g/mol. The second-order valence-electron chi connectivity index (χ2n) is 14.4. The van der Waals surface area contributed by atoms with E-state index in [2.05, 4.69) is 157 Å². The third-order valence-corrected chi connectivity index (χ3v) is 11.5. The van der Waals surface area contributed by atoms with Gasteiger partial charge in [0, 0.05) is 45.5 Å². The second-order valence-corrected chi connectivity index (χ2v) is 14.4. The molecule has 0 saturated carbocycles. The van der Waals surface area contributed by atoms with Crippen molar-refractivity contribution in [2.45, 2.75) is 5.41 Å². The van der Waals surface area contributed by atoms with Gasteiger partial charge >= 0.3 is 0 Å². The summed E-state index contributed by atoms with van der Waals surface area (Å²) in [6.07, 6.45) is 0. The van der Waals surface area contributed by atoms with E-state index in [4.69, 9.17) is 13.6 Å². The maximum absolute atomic E-state index is 7.06. The van der Waals surface area contributed by atoms with Gasteiger partial charge in [0.1, 0.15) is 27.9 Å². The van der Waals surface area contributed by atoms with Gasteiger partial charge in [-0.1, -0.05) is 127 Å². The summed E-state index contributed by atoms with van der Waals surface area (Å²) in [5, 5.41) is 3.15. The normalized spacial score (nSPS) is 13.4. The van der Waals surface area contributed by atoms with Crippen LogP contribution in [0.1, 0.15) is 22.5 Å². The summed E-state index contributed by atoms with van der Waals surface area (Å²) in [7, 11) is 0. The first kappa shape index (κ1) is 30.2. The van der Waals surface area contributed by atoms with Gasteiger partial charge in [0.05, 0.1) is 5.39 Å². The van der Waals surface area contributed by atoms with E-state index in [1.165, 1.54) is 27.8 Å². The lowest BCUT2D eigenvalue weighted by Crippen LogP contribution is -2.31. The molecular formula is C51H31NO3. The Bertz CT molecular complexity index is 3090. The number of benzene rings is 8. The Morgan fingerprint density at radius 2 is 0.945 bits per heavy atom. The Hall–Kier alpha value is -7.30. The molecule has 258 valence electrons. The summed E-state index contributed by atoms with van der Waals surface area (Å²) in [5.41, 5.74) is 13.0. The van der Waals surface area contributed by atoms with Crippen molar-refractivity contribution in [3.05, 3.63) is 211 Å². The smallest absolute Gasteiger partial charge is 0.178 e. The molecule has 4 heteroatoms. The number of rotatable bonds is 4. The summed E-state index contributed by atoms with van der Waals surface area (Å²) in [5.74, 6) is 2.36. The lowest BCUT2D eigenvalue weighted by molar-refractivity contribution is 0.389. The van der Waals surface area contributed by atoms with E-state index < -0.39 is 5.41 Å². The van der Waals surface area contributed by atoms with Crippen molar-refractivity contribution < 1.29 is 13.6 Å². The molecule has 2 aromatic heterocycles. The van der Waals surface area contributed by atoms with E-state index in [1.54, 1.807) is 0 Å². The van der Waals surface area contributed by atoms with Crippen molar-refractivity contribution in [1.29, 1.82) is 0 Å². The van der Waals surface area contributed by atoms with Crippen molar-refractivity contribution in [1.82, 2.24) is 0 Å². The Morgan fingerprint density at radius 1 is 0.382 bits per heavy atom. The molecule has 0 saturated heterocycles. The van der Waals surface area contributed by atoms with Gasteiger partial charge in [0.25, 0.3) is 0 Å². The molecule has 8 aromatic carbocycles. The molecule has 4 nitrogen and oxygen atoms in total. The number of furan rings is 2. The molecule has 0 radical (unpaired) electrons. The highest BCUT2D eigenvalue weighted by atomic mass is 16.5. The fraction of sp³-hybridized carbons (Fsp3) is 0.0196. The largest absolute Gasteiger partial charge is 0.456 e. The molecular weight excluding hydrogens is 675 g/mol. The highest BCUT2D eigenvalue weighted by Crippen LogP contribution is 2.64. The van der Waals surface area contributed by atoms with Crippen LogP contribution in [0.2, 0.25) is 0 Å². The Morgan fingerprint density at radius 3 is 1.71 bits per heavy atom. The van der Waals surface area contributed by atoms with Gasteiger partial charge in [-0.05, 0) is 81.9 Å². The van der Waals surface area contributed by atoms with Crippen LogP contribution >= 0.6 is 0 Å². The Kier molecular flexibility index (Phi) is 6.23. The molecule has 12 rings (SSSR count). The molecule has 1 aliphatic heterocycles. The average Bonchev–Trinajstić information content (AvgIpc) is 3.90. The van der Waals surface area contributed by atoms with Crippen LogP contribution in [0, 0.1) is 0 Å². The molecule has 3 heterocycles. The molecule has 2 aliphatic rings. The fourth-order valence-electron chi connectivity index (χ4n) is 9.15. The molecule has 0 fully saturated rings. The molecule has 0 atom stereocenters. The van der Waals surface area contributed by atoms with Gasteiger partial charge < -0.3 is 18.5 Å². The van der Waals surface area contributed by atoms with Crippen LogP contribution in [0.3, 0.4) is 0 Å². The molecule has 0 unspecified atom stereocenters. The predicted octanol–water partition coefficient (Wildman–Crippen LogP) is 13.9. The number of ether oxygens (including phenoxy) is 1. The third-order valence-electron chi connectivity index (χ3n) is 11.5. The number of nitrogens with zero attached hydrogens (tertiary/aromatic N) is 1. The number of hydrogen-bond donors (Lipinski definition) is 0. The first-order valence-electron chi connectivity index (χ1n) is 18.7. The van der Waals surface area contributed by atoms with Crippen molar-refractivity contribution in [2.24, 2.45) is 0 Å². The quantitative estimate of drug-likeness (QED) is 0.183. The zero-order valence-corrected chi connectivity index (χ0v) is 29.6. The summed E-state index contributed by atoms with van der Waals surface area (Å²) < 4.78 is 20.4. The molecule has 0 N–H and O–H groups in total. The first-order valence-corrected chi connectivity index (χ1v) is 18.7. The molecule has 1 spiro atoms. The maximum Gasteiger partial charge on any atom is 0.178 e. The summed E-state index contributed by atoms with van der Waals surface area (Å²) in [6.45, 7) is 0. The van der Waals surface area contributed by atoms with Gasteiger partial charge in [-0.15, -0.1) is 0 Å². The van der Waals surface area contributed by atoms with Gasteiger partial charge in [0.15, 0.2) is 11.5 Å². The standard InChI is InChI=1S/C51H31NO3/c1-2-12-32(13-3-1)33-22-24-34(25-23-33)52(35-26-28-40-39-16-6-10-20-45(39)53-47(40)30-35)36-27-29-44-48(31-36)54-49-41-17-7-11-21-46(41)55-50(49)51(44)42-18-8-4-14-37(42)38-15-5-9-19-43(38)51/h1-31H. The highest BCUT2D eigenvalue weighted by Gasteiger charge is 2.54. The van der Waals surface area contributed by atoms with Crippen molar-refractivity contribution in [3.63, 3.8) is 0 Å². The summed E-state index contributed by atoms with van der Waals surface area (Å²) in [6, 6.07) is 66.3. The van der Waals surface area contributed by atoms with Crippen LogP contribution in [0.4, 0.5) is 17.1 Å². The molecule has 0 bridgehead atoms. The van der Waals surface area contributed by atoms with Gasteiger partial charge in [-0.25, -0.2) is 0 Å². The van der Waals surface area contributed by atoms with E-state index in [0.29, 0.717) is 0 Å². The third kappa shape index (κ3) is 4.22. The summed E-state index contributed by atoms with van der Waals surface area (Å²) in [4.78, 5) is 2.29. The summed E-state index contributed by atoms with van der Waals surface area (Å²) >= 11 is 0. The van der Waals surface area contributed by atoms with Gasteiger partial charge in [-0.2, -0.15) is 0 Å². The SMILES string of the molecule is c1ccc(-c2ccc(N(c3ccc4c(c3)Oc3c(oc5ccccc35)C43c4ccccc4-c4ccccc43)c3ccc4c(c3)oc3ccccc34)cc2)cc1. The van der Waals surface area contributed by atoms with E-state index in [-0.39, 0.29) is 0 Å². The van der Waals surface area contributed by atoms with E-state index in [1.807, 2.05) is 36.4 Å². The Labute approximate surface area is 317 Å². The maximum atomic E-state index is 7.06. The van der Waals surface area contributed by atoms with Crippen molar-refractivity contribution in [3.8, 4) is 33.8 Å². The number of fused-ring (bicyclic) bond motifs is 14. The number of para-hydroxylation sites is 2. The molecule has 10 aromatic rings. The predicted molar refractivity (Wildman–Crippen MR) is 221 cm³/mol. The second kappa shape index (κ2) is 11.3. The van der Waals surface area contributed by atoms with E-state index in [9.17, 15) is 0 Å². The lowest BCUT2D eigenvalue weighted by Gasteiger charge is -2.37. The van der Waals surface area contributed by atoms with Crippen LogP contribution < -0.4 is 9.64 Å². The Balaban J connectivity index is 1.10. The van der Waals surface area contributed by atoms with Crippen molar-refractivity contribution >= 4 is 50.0 Å². The minimum absolute atomic E-state index is 0.705. The van der Waals surface area contributed by atoms with Crippen LogP contribution in [0.5, 0.6) is 11.5 Å². The molecule has 55 heavy (non-hydrogen) atoms. The zero-order chi connectivity index (χ0) is 36.1. The molecule has 0 amide bonds. The monoisotopic (exact) mass is 705 g/mol. The highest BCUT2D eigenvalue weighted by molar-refractivity contribution is 6.06. The fourth-order valence-corrected chi connectivity index (χ4v) is 9.15. The minimum Gasteiger partial charge on any atom is -0.456 e. The van der Waals surface area contributed by atoms with E-state index >= 15 is 0 Å². The van der Waals surface area contributed by atoms with Crippen molar-refractivity contribution in [2.75, 3.05) is 4.90 Å². The lowest BCUT2D eigenvalue weighted by atomic mass is 9.69. The van der Waals surface area contributed by atoms with Crippen LogP contribution in [0.25, 0.3) is 55.2 Å². The molecule has 1 aliphatic carbocycles. The topological polar surface area (TPSA) is 38.8 Å². The van der Waals surface area contributed by atoms with Crippen LogP contribution in [0.15, 0.2) is 197 Å². The zero-order valence-electron chi connectivity index (χ0n) is 29.6. The van der Waals surface area contributed by atoms with Gasteiger partial charge in [-0.3, -0.25) is 0 Å².